The van der Waals surface area contributed by atoms with Gasteiger partial charge < -0.3 is 0 Å². The average molecular weight is 190 g/mol. The van der Waals surface area contributed by atoms with Crippen LogP contribution >= 0.6 is 11.6 Å². The molecule has 0 radical (unpaired) electrons. The Morgan fingerprint density at radius 1 is 1.75 bits per heavy atom. The highest BCUT2D eigenvalue weighted by Crippen LogP contribution is 2.25. The van der Waals surface area contributed by atoms with Gasteiger partial charge in [0.2, 0.25) is 5.15 Å². The molecular formula is C6H8ClN3O2. The van der Waals surface area contributed by atoms with E-state index in [1.807, 2.05) is 6.92 Å². The minimum atomic E-state index is -0.517. The van der Waals surface area contributed by atoms with Crippen LogP contribution in [0.2, 0.25) is 5.15 Å². The first-order chi connectivity index (χ1) is 5.66. The van der Waals surface area contributed by atoms with Gasteiger partial charge in [-0.05, 0) is 6.42 Å². The van der Waals surface area contributed by atoms with E-state index in [1.54, 1.807) is 0 Å². The predicted molar refractivity (Wildman–Crippen MR) is 44.2 cm³/mol. The number of hydrogen-bond donors (Lipinski definition) is 1. The molecular weight excluding hydrogens is 182 g/mol. The van der Waals surface area contributed by atoms with Crippen molar-refractivity contribution in [2.75, 3.05) is 0 Å². The largest absolute Gasteiger partial charge is 0.328 e. The van der Waals surface area contributed by atoms with Crippen LogP contribution in [0.3, 0.4) is 0 Å². The average Bonchev–Trinajstić information content (AvgIpc) is 2.32. The number of rotatable bonds is 3. The molecule has 0 fully saturated rings. The molecule has 1 aromatic heterocycles. The van der Waals surface area contributed by atoms with Crippen molar-refractivity contribution in [3.05, 3.63) is 21.0 Å². The van der Waals surface area contributed by atoms with Gasteiger partial charge in [0.05, 0.1) is 4.92 Å². The summed E-state index contributed by atoms with van der Waals surface area (Å²) in [7, 11) is 0. The van der Waals surface area contributed by atoms with E-state index in [-0.39, 0.29) is 10.8 Å². The Bertz CT molecular complexity index is 297. The molecule has 1 rings (SSSR count). The third-order valence-corrected chi connectivity index (χ3v) is 1.72. The van der Waals surface area contributed by atoms with Crippen LogP contribution in [0.5, 0.6) is 0 Å². The summed E-state index contributed by atoms with van der Waals surface area (Å²) >= 11 is 5.49. The molecule has 0 aliphatic heterocycles. The van der Waals surface area contributed by atoms with Crippen molar-refractivity contribution in [3.8, 4) is 0 Å². The molecule has 6 heteroatoms. The Kier molecular flexibility index (Phi) is 2.65. The Labute approximate surface area is 73.9 Å². The fraction of sp³-hybridized carbons (Fsp3) is 0.500. The number of halogens is 1. The molecule has 0 atom stereocenters. The smallest absolute Gasteiger partial charge is 0.274 e. The Morgan fingerprint density at radius 2 is 2.42 bits per heavy atom. The fourth-order valence-electron chi connectivity index (χ4n) is 0.957. The zero-order valence-electron chi connectivity index (χ0n) is 6.50. The highest BCUT2D eigenvalue weighted by Gasteiger charge is 2.21. The van der Waals surface area contributed by atoms with Crippen molar-refractivity contribution in [1.29, 1.82) is 0 Å². The van der Waals surface area contributed by atoms with Gasteiger partial charge in [0.25, 0.3) is 0 Å². The molecule has 0 unspecified atom stereocenters. The number of nitro groups is 1. The molecule has 0 saturated carbocycles. The molecule has 0 aliphatic carbocycles. The molecule has 0 saturated heterocycles. The Morgan fingerprint density at radius 3 is 2.92 bits per heavy atom. The van der Waals surface area contributed by atoms with Gasteiger partial charge in [-0.25, -0.2) is 0 Å². The van der Waals surface area contributed by atoms with E-state index in [4.69, 9.17) is 11.6 Å². The molecule has 0 aromatic carbocycles. The van der Waals surface area contributed by atoms with Gasteiger partial charge >= 0.3 is 5.69 Å². The van der Waals surface area contributed by atoms with Crippen LogP contribution in [-0.4, -0.2) is 15.1 Å². The van der Waals surface area contributed by atoms with E-state index >= 15 is 0 Å². The highest BCUT2D eigenvalue weighted by atomic mass is 35.5. The number of nitrogens with zero attached hydrogens (tertiary/aromatic N) is 2. The third kappa shape index (κ3) is 1.55. The SMILES string of the molecule is CCCc1[nH]nc(Cl)c1[N+](=O)[O-]. The second-order valence-electron chi connectivity index (χ2n) is 2.35. The number of H-pyrrole nitrogens is 1. The van der Waals surface area contributed by atoms with Gasteiger partial charge in [-0.2, -0.15) is 5.10 Å². The lowest BCUT2D eigenvalue weighted by Crippen LogP contribution is -1.92. The molecule has 5 nitrogen and oxygen atoms in total. The van der Waals surface area contributed by atoms with E-state index in [9.17, 15) is 10.1 Å². The topological polar surface area (TPSA) is 71.8 Å². The summed E-state index contributed by atoms with van der Waals surface area (Å²) in [4.78, 5) is 9.92. The highest BCUT2D eigenvalue weighted by molar-refractivity contribution is 6.31. The van der Waals surface area contributed by atoms with Gasteiger partial charge in [0.1, 0.15) is 5.69 Å². The summed E-state index contributed by atoms with van der Waals surface area (Å²) in [6.07, 6.45) is 1.41. The van der Waals surface area contributed by atoms with Gasteiger partial charge in [0.15, 0.2) is 0 Å². The van der Waals surface area contributed by atoms with Gasteiger partial charge in [0, 0.05) is 0 Å². The lowest BCUT2D eigenvalue weighted by molar-refractivity contribution is -0.385. The summed E-state index contributed by atoms with van der Waals surface area (Å²) in [6.45, 7) is 1.93. The number of hydrogen-bond acceptors (Lipinski definition) is 3. The van der Waals surface area contributed by atoms with E-state index in [0.29, 0.717) is 12.1 Å². The first-order valence-corrected chi connectivity index (χ1v) is 3.91. The number of aromatic amines is 1. The molecule has 0 spiro atoms. The van der Waals surface area contributed by atoms with Crippen LogP contribution in [0, 0.1) is 10.1 Å². The van der Waals surface area contributed by atoms with Crippen LogP contribution in [-0.2, 0) is 6.42 Å². The standard InChI is InChI=1S/C6H8ClN3O2/c1-2-3-4-5(10(11)12)6(7)9-8-4/h2-3H2,1H3,(H,8,9). The maximum absolute atomic E-state index is 10.4. The van der Waals surface area contributed by atoms with E-state index in [2.05, 4.69) is 10.2 Å². The van der Waals surface area contributed by atoms with Gasteiger partial charge in [-0.1, -0.05) is 24.9 Å². The zero-order valence-corrected chi connectivity index (χ0v) is 7.26. The molecule has 0 amide bonds. The second-order valence-corrected chi connectivity index (χ2v) is 2.71. The van der Waals surface area contributed by atoms with E-state index in [1.165, 1.54) is 0 Å². The van der Waals surface area contributed by atoms with Crippen molar-refractivity contribution in [2.24, 2.45) is 0 Å². The van der Waals surface area contributed by atoms with Crippen molar-refractivity contribution in [3.63, 3.8) is 0 Å². The lowest BCUT2D eigenvalue weighted by atomic mass is 10.2. The summed E-state index contributed by atoms with van der Waals surface area (Å²) in [5.41, 5.74) is 0.394. The minimum Gasteiger partial charge on any atom is -0.274 e. The Hall–Kier alpha value is -1.10. The van der Waals surface area contributed by atoms with Crippen LogP contribution in [0.1, 0.15) is 19.0 Å². The maximum Gasteiger partial charge on any atom is 0.328 e. The maximum atomic E-state index is 10.4. The minimum absolute atomic E-state index is 0.0662. The number of aromatic nitrogens is 2. The Balaban J connectivity index is 3.04. The van der Waals surface area contributed by atoms with Crippen LogP contribution in [0.4, 0.5) is 5.69 Å². The molecule has 1 aromatic rings. The fourth-order valence-corrected chi connectivity index (χ4v) is 1.18. The molecule has 0 aliphatic rings. The van der Waals surface area contributed by atoms with E-state index in [0.717, 1.165) is 6.42 Å². The molecule has 0 bridgehead atoms. The first kappa shape index (κ1) is 8.99. The molecule has 1 heterocycles. The van der Waals surface area contributed by atoms with Gasteiger partial charge in [-0.15, -0.1) is 0 Å². The lowest BCUT2D eigenvalue weighted by Gasteiger charge is -1.91. The summed E-state index contributed by atoms with van der Waals surface area (Å²) in [5, 5.41) is 16.5. The summed E-state index contributed by atoms with van der Waals surface area (Å²) in [6, 6.07) is 0. The summed E-state index contributed by atoms with van der Waals surface area (Å²) in [5.74, 6) is 0. The normalized spacial score (nSPS) is 10.2. The number of nitrogens with one attached hydrogen (secondary N) is 1. The summed E-state index contributed by atoms with van der Waals surface area (Å²) < 4.78 is 0. The molecule has 66 valence electrons. The monoisotopic (exact) mass is 189 g/mol. The number of aryl methyl sites for hydroxylation is 1. The van der Waals surface area contributed by atoms with Crippen molar-refractivity contribution < 1.29 is 4.92 Å². The zero-order chi connectivity index (χ0) is 9.14. The first-order valence-electron chi connectivity index (χ1n) is 3.54. The molecule has 12 heavy (non-hydrogen) atoms. The van der Waals surface area contributed by atoms with E-state index < -0.39 is 4.92 Å². The van der Waals surface area contributed by atoms with Crippen molar-refractivity contribution >= 4 is 17.3 Å². The van der Waals surface area contributed by atoms with Crippen molar-refractivity contribution in [2.45, 2.75) is 19.8 Å². The predicted octanol–water partition coefficient (Wildman–Crippen LogP) is 1.92. The molecule has 1 N–H and O–H groups in total. The van der Waals surface area contributed by atoms with Crippen LogP contribution in [0.15, 0.2) is 0 Å². The van der Waals surface area contributed by atoms with Crippen LogP contribution < -0.4 is 0 Å². The van der Waals surface area contributed by atoms with Gasteiger partial charge in [-0.3, -0.25) is 15.2 Å². The van der Waals surface area contributed by atoms with Crippen LogP contribution in [0.25, 0.3) is 0 Å². The quantitative estimate of drug-likeness (QED) is 0.583. The van der Waals surface area contributed by atoms with Crippen molar-refractivity contribution in [1.82, 2.24) is 10.2 Å². The third-order valence-electron chi connectivity index (χ3n) is 1.45. The second kappa shape index (κ2) is 3.53.